The summed E-state index contributed by atoms with van der Waals surface area (Å²) in [7, 11) is 0. The van der Waals surface area contributed by atoms with Crippen LogP contribution in [0.1, 0.15) is 58.6 Å². The lowest BCUT2D eigenvalue weighted by Crippen LogP contribution is -2.33. The van der Waals surface area contributed by atoms with E-state index in [1.807, 2.05) is 40.7 Å². The largest absolute Gasteiger partial charge is 0.506 e. The van der Waals surface area contributed by atoms with Gasteiger partial charge >= 0.3 is 0 Å². The minimum Gasteiger partial charge on any atom is -0.506 e. The molecule has 1 unspecified atom stereocenters. The molecule has 6 nitrogen and oxygen atoms in total. The van der Waals surface area contributed by atoms with Crippen molar-refractivity contribution in [3.63, 3.8) is 0 Å². The van der Waals surface area contributed by atoms with Crippen LogP contribution in [0.25, 0.3) is 28.0 Å². The van der Waals surface area contributed by atoms with Gasteiger partial charge in [0.1, 0.15) is 28.1 Å². The van der Waals surface area contributed by atoms with Crippen LogP contribution in [-0.4, -0.2) is 20.9 Å². The molecule has 0 aliphatic carbocycles. The molecule has 1 aromatic heterocycles. The third kappa shape index (κ3) is 3.63. The molecule has 0 bridgehead atoms. The van der Waals surface area contributed by atoms with Crippen molar-refractivity contribution in [3.05, 3.63) is 63.9 Å². The number of benzene rings is 2. The summed E-state index contributed by atoms with van der Waals surface area (Å²) in [5.74, 6) is -0.796. The maximum Gasteiger partial charge on any atom is 0.204 e. The van der Waals surface area contributed by atoms with Gasteiger partial charge in [-0.25, -0.2) is 0 Å². The van der Waals surface area contributed by atoms with Crippen molar-refractivity contribution in [3.8, 4) is 23.0 Å². The normalized spacial score (nSPS) is 17.4. The number of hydrogen-bond donors (Lipinski definition) is 3. The summed E-state index contributed by atoms with van der Waals surface area (Å²) in [6, 6.07) is 2.57. The molecule has 4 rings (SSSR count). The molecule has 178 valence electrons. The van der Waals surface area contributed by atoms with Crippen LogP contribution in [0.4, 0.5) is 0 Å². The fourth-order valence-corrected chi connectivity index (χ4v) is 4.36. The molecule has 34 heavy (non-hydrogen) atoms. The SMILES string of the molecule is C=CC(C)(C)c1c2c(c(O)c3c(=O)c4ccc(O)c(O)c4oc13)C=CC(C)(CCC=C(C)C)O2. The van der Waals surface area contributed by atoms with Crippen LogP contribution in [0.5, 0.6) is 23.0 Å². The summed E-state index contributed by atoms with van der Waals surface area (Å²) >= 11 is 0. The second-order valence-corrected chi connectivity index (χ2v) is 9.91. The Morgan fingerprint density at radius 1 is 1.15 bits per heavy atom. The van der Waals surface area contributed by atoms with Gasteiger partial charge < -0.3 is 24.5 Å². The highest BCUT2D eigenvalue weighted by molar-refractivity contribution is 6.01. The van der Waals surface area contributed by atoms with Crippen LogP contribution < -0.4 is 10.2 Å². The Kier molecular flexibility index (Phi) is 5.51. The maximum atomic E-state index is 13.4. The van der Waals surface area contributed by atoms with Gasteiger partial charge in [0.25, 0.3) is 0 Å². The van der Waals surface area contributed by atoms with E-state index < -0.39 is 27.9 Å². The van der Waals surface area contributed by atoms with Gasteiger partial charge in [-0.1, -0.05) is 31.6 Å². The highest BCUT2D eigenvalue weighted by atomic mass is 16.5. The van der Waals surface area contributed by atoms with Crippen LogP contribution >= 0.6 is 0 Å². The minimum atomic E-state index is -0.724. The lowest BCUT2D eigenvalue weighted by Gasteiger charge is -2.36. The average Bonchev–Trinajstić information content (AvgIpc) is 2.76. The first kappa shape index (κ1) is 23.5. The Morgan fingerprint density at radius 3 is 2.50 bits per heavy atom. The van der Waals surface area contributed by atoms with Crippen LogP contribution in [-0.2, 0) is 5.41 Å². The first-order valence-corrected chi connectivity index (χ1v) is 11.3. The topological polar surface area (TPSA) is 100 Å². The summed E-state index contributed by atoms with van der Waals surface area (Å²) in [5.41, 5.74) is 0.186. The molecule has 6 heteroatoms. The molecule has 0 saturated carbocycles. The predicted molar refractivity (Wildman–Crippen MR) is 135 cm³/mol. The van der Waals surface area contributed by atoms with Crippen LogP contribution in [0, 0.1) is 0 Å². The van der Waals surface area contributed by atoms with Gasteiger partial charge in [-0.05, 0) is 57.9 Å². The smallest absolute Gasteiger partial charge is 0.204 e. The Labute approximate surface area is 198 Å². The van der Waals surface area contributed by atoms with E-state index in [1.54, 1.807) is 12.2 Å². The Hall–Kier alpha value is -3.67. The molecule has 3 N–H and O–H groups in total. The number of aromatic hydroxyl groups is 3. The lowest BCUT2D eigenvalue weighted by molar-refractivity contribution is 0.125. The number of ether oxygens (including phenoxy) is 1. The first-order chi connectivity index (χ1) is 15.9. The molecule has 2 aromatic carbocycles. The predicted octanol–water partition coefficient (Wildman–Crippen LogP) is 6.44. The van der Waals surface area contributed by atoms with E-state index in [0.717, 1.165) is 6.42 Å². The molecule has 1 aliphatic heterocycles. The number of phenolic OH excluding ortho intramolecular Hbond substituents is 3. The quantitative estimate of drug-likeness (QED) is 0.229. The van der Waals surface area contributed by atoms with Crippen molar-refractivity contribution in [2.75, 3.05) is 0 Å². The minimum absolute atomic E-state index is 0.0114. The van der Waals surface area contributed by atoms with Crippen LogP contribution in [0.15, 0.2) is 51.7 Å². The Bertz CT molecular complexity index is 1450. The van der Waals surface area contributed by atoms with Gasteiger partial charge in [0.2, 0.25) is 11.2 Å². The monoisotopic (exact) mass is 462 g/mol. The fourth-order valence-electron chi connectivity index (χ4n) is 4.36. The summed E-state index contributed by atoms with van der Waals surface area (Å²) in [4.78, 5) is 13.4. The lowest BCUT2D eigenvalue weighted by atomic mass is 9.80. The Balaban J connectivity index is 2.10. The molecule has 0 fully saturated rings. The molecule has 1 atom stereocenters. The highest BCUT2D eigenvalue weighted by Crippen LogP contribution is 2.50. The second kappa shape index (κ2) is 7.97. The molecule has 3 aromatic rings. The zero-order valence-electron chi connectivity index (χ0n) is 20.2. The standard InChI is InChI=1S/C28H30O6/c1-7-27(4,5)20-24-17(12-14-28(6,34-24)13-8-9-15(2)3)22(31)19-21(30)16-10-11-18(29)23(32)25(16)33-26(19)20/h7,9-12,14,29,31-32H,1,8,13H2,2-6H3. The van der Waals surface area contributed by atoms with E-state index in [2.05, 4.69) is 12.7 Å². The van der Waals surface area contributed by atoms with Gasteiger partial charge in [0, 0.05) is 11.0 Å². The third-order valence-electron chi connectivity index (χ3n) is 6.49. The second-order valence-electron chi connectivity index (χ2n) is 9.91. The number of fused-ring (bicyclic) bond motifs is 3. The Morgan fingerprint density at radius 2 is 1.85 bits per heavy atom. The van der Waals surface area contributed by atoms with Crippen molar-refractivity contribution in [1.82, 2.24) is 0 Å². The summed E-state index contributed by atoms with van der Waals surface area (Å²) in [5, 5.41) is 31.6. The third-order valence-corrected chi connectivity index (χ3v) is 6.49. The van der Waals surface area contributed by atoms with Crippen molar-refractivity contribution in [2.24, 2.45) is 0 Å². The van der Waals surface area contributed by atoms with E-state index in [1.165, 1.54) is 17.7 Å². The van der Waals surface area contributed by atoms with E-state index in [0.29, 0.717) is 23.3 Å². The maximum absolute atomic E-state index is 13.4. The van der Waals surface area contributed by atoms with Gasteiger partial charge in [0.15, 0.2) is 11.3 Å². The average molecular weight is 463 g/mol. The van der Waals surface area contributed by atoms with E-state index in [-0.39, 0.29) is 27.7 Å². The van der Waals surface area contributed by atoms with Crippen molar-refractivity contribution in [1.29, 1.82) is 0 Å². The summed E-state index contributed by atoms with van der Waals surface area (Å²) in [6.45, 7) is 13.8. The summed E-state index contributed by atoms with van der Waals surface area (Å²) < 4.78 is 12.6. The van der Waals surface area contributed by atoms with Gasteiger partial charge in [-0.15, -0.1) is 6.58 Å². The highest BCUT2D eigenvalue weighted by Gasteiger charge is 2.37. The molecular weight excluding hydrogens is 432 g/mol. The fraction of sp³-hybridized carbons (Fsp3) is 0.321. The zero-order valence-corrected chi connectivity index (χ0v) is 20.2. The van der Waals surface area contributed by atoms with Gasteiger partial charge in [0.05, 0.1) is 10.9 Å². The molecule has 0 radical (unpaired) electrons. The van der Waals surface area contributed by atoms with E-state index in [4.69, 9.17) is 9.15 Å². The number of rotatable bonds is 5. The zero-order chi connectivity index (χ0) is 25.0. The van der Waals surface area contributed by atoms with E-state index >= 15 is 0 Å². The van der Waals surface area contributed by atoms with Crippen molar-refractivity contribution >= 4 is 28.0 Å². The molecule has 0 spiro atoms. The van der Waals surface area contributed by atoms with Crippen molar-refractivity contribution in [2.45, 2.75) is 58.5 Å². The van der Waals surface area contributed by atoms with Gasteiger partial charge in [-0.2, -0.15) is 0 Å². The first-order valence-electron chi connectivity index (χ1n) is 11.3. The van der Waals surface area contributed by atoms with Crippen LogP contribution in [0.3, 0.4) is 0 Å². The number of hydrogen-bond acceptors (Lipinski definition) is 6. The molecule has 1 aliphatic rings. The number of phenols is 3. The van der Waals surface area contributed by atoms with Crippen molar-refractivity contribution < 1.29 is 24.5 Å². The molecule has 2 heterocycles. The molecule has 0 amide bonds. The van der Waals surface area contributed by atoms with Crippen LogP contribution in [0.2, 0.25) is 0 Å². The molecule has 0 saturated heterocycles. The summed E-state index contributed by atoms with van der Waals surface area (Å²) in [6.07, 6.45) is 9.06. The number of allylic oxidation sites excluding steroid dienone is 3. The van der Waals surface area contributed by atoms with E-state index in [9.17, 15) is 20.1 Å². The van der Waals surface area contributed by atoms with Gasteiger partial charge in [-0.3, -0.25) is 4.79 Å². The molecular formula is C28H30O6.